The van der Waals surface area contributed by atoms with Crippen molar-refractivity contribution in [1.82, 2.24) is 0 Å². The van der Waals surface area contributed by atoms with E-state index >= 15 is 0 Å². The number of nitrogens with two attached hydrogens (primary N) is 1. The van der Waals surface area contributed by atoms with Crippen molar-refractivity contribution in [2.45, 2.75) is 58.3 Å². The lowest BCUT2D eigenvalue weighted by atomic mass is 9.97. The lowest BCUT2D eigenvalue weighted by Crippen LogP contribution is -2.57. The fourth-order valence-electron chi connectivity index (χ4n) is 3.14. The van der Waals surface area contributed by atoms with Crippen LogP contribution in [-0.2, 0) is 4.74 Å². The van der Waals surface area contributed by atoms with Crippen molar-refractivity contribution in [2.75, 3.05) is 18.0 Å². The highest BCUT2D eigenvalue weighted by Gasteiger charge is 2.38. The van der Waals surface area contributed by atoms with Crippen LogP contribution < -0.4 is 10.6 Å². The molecule has 0 saturated carbocycles. The van der Waals surface area contributed by atoms with Crippen LogP contribution in [0.1, 0.15) is 52.6 Å². The van der Waals surface area contributed by atoms with Crippen LogP contribution in [0.25, 0.3) is 0 Å². The summed E-state index contributed by atoms with van der Waals surface area (Å²) in [7, 11) is 0. The highest BCUT2D eigenvalue weighted by atomic mass is 16.5. The van der Waals surface area contributed by atoms with Crippen LogP contribution in [0.3, 0.4) is 0 Å². The Kier molecular flexibility index (Phi) is 4.12. The molecule has 0 amide bonds. The second-order valence-electron chi connectivity index (χ2n) is 7.08. The van der Waals surface area contributed by atoms with E-state index in [1.165, 1.54) is 11.3 Å². The quantitative estimate of drug-likeness (QED) is 0.918. The molecule has 112 valence electrons. The lowest BCUT2D eigenvalue weighted by molar-refractivity contribution is -0.133. The molecule has 2 N–H and O–H groups in total. The Morgan fingerprint density at radius 1 is 1.10 bits per heavy atom. The molecule has 3 heteroatoms. The molecule has 0 spiro atoms. The molecule has 0 unspecified atom stereocenters. The Hall–Kier alpha value is -1.06. The van der Waals surface area contributed by atoms with Gasteiger partial charge in [-0.3, -0.25) is 0 Å². The van der Waals surface area contributed by atoms with Crippen molar-refractivity contribution in [3.8, 4) is 0 Å². The number of rotatable bonds is 3. The molecule has 0 aliphatic carbocycles. The summed E-state index contributed by atoms with van der Waals surface area (Å²) in [5.41, 5.74) is 8.29. The number of ether oxygens (including phenoxy) is 1. The highest BCUT2D eigenvalue weighted by Crippen LogP contribution is 2.31. The molecule has 1 fully saturated rings. The first-order chi connectivity index (χ1) is 9.22. The molecule has 3 nitrogen and oxygen atoms in total. The zero-order chi connectivity index (χ0) is 15.0. The van der Waals surface area contributed by atoms with Gasteiger partial charge in [0.25, 0.3) is 0 Å². The number of anilines is 1. The third-order valence-corrected chi connectivity index (χ3v) is 3.82. The van der Waals surface area contributed by atoms with Gasteiger partial charge in [0.2, 0.25) is 0 Å². The fraction of sp³-hybridized carbons (Fsp3) is 0.647. The predicted octanol–water partition coefficient (Wildman–Crippen LogP) is 3.49. The normalized spacial score (nSPS) is 22.6. The molecule has 1 aliphatic rings. The van der Waals surface area contributed by atoms with Gasteiger partial charge in [0.15, 0.2) is 0 Å². The Bertz CT molecular complexity index is 435. The summed E-state index contributed by atoms with van der Waals surface area (Å²) in [6, 6.07) is 8.81. The second-order valence-corrected chi connectivity index (χ2v) is 7.08. The minimum atomic E-state index is -0.125. The third kappa shape index (κ3) is 3.53. The number of hydrogen-bond donors (Lipinski definition) is 1. The Morgan fingerprint density at radius 3 is 2.05 bits per heavy atom. The van der Waals surface area contributed by atoms with Gasteiger partial charge in [-0.15, -0.1) is 0 Å². The first-order valence-corrected chi connectivity index (χ1v) is 7.53. The van der Waals surface area contributed by atoms with Gasteiger partial charge in [-0.05, 0) is 51.8 Å². The summed E-state index contributed by atoms with van der Waals surface area (Å²) in [5, 5.41) is 0. The minimum absolute atomic E-state index is 0.125. The average Bonchev–Trinajstić information content (AvgIpc) is 2.34. The Morgan fingerprint density at radius 2 is 1.60 bits per heavy atom. The van der Waals surface area contributed by atoms with E-state index in [0.29, 0.717) is 0 Å². The van der Waals surface area contributed by atoms with Crippen molar-refractivity contribution in [3.05, 3.63) is 29.8 Å². The van der Waals surface area contributed by atoms with E-state index in [-0.39, 0.29) is 17.2 Å². The average molecular weight is 276 g/mol. The largest absolute Gasteiger partial charge is 0.366 e. The van der Waals surface area contributed by atoms with Crippen molar-refractivity contribution < 1.29 is 4.74 Å². The predicted molar refractivity (Wildman–Crippen MR) is 85.1 cm³/mol. The molecule has 2 rings (SSSR count). The lowest BCUT2D eigenvalue weighted by Gasteiger charge is -2.48. The molecule has 1 atom stereocenters. The van der Waals surface area contributed by atoms with Crippen LogP contribution in [0.15, 0.2) is 24.3 Å². The summed E-state index contributed by atoms with van der Waals surface area (Å²) in [4.78, 5) is 2.41. The van der Waals surface area contributed by atoms with E-state index in [9.17, 15) is 0 Å². The molecule has 0 aromatic heterocycles. The van der Waals surface area contributed by atoms with E-state index in [0.717, 1.165) is 19.5 Å². The van der Waals surface area contributed by atoms with E-state index in [1.54, 1.807) is 0 Å². The van der Waals surface area contributed by atoms with Crippen molar-refractivity contribution in [1.29, 1.82) is 0 Å². The SMILES string of the molecule is CC[C@H](N)c1ccc(N2CC(C)(C)OC(C)(C)C2)cc1. The standard InChI is InChI=1S/C17H28N2O/c1-6-15(18)13-7-9-14(10-8-13)19-11-16(2,3)20-17(4,5)12-19/h7-10,15H,6,11-12,18H2,1-5H3/t15-/m0/s1. The zero-order valence-corrected chi connectivity index (χ0v) is 13.4. The second kappa shape index (κ2) is 5.38. The zero-order valence-electron chi connectivity index (χ0n) is 13.4. The van der Waals surface area contributed by atoms with Gasteiger partial charge in [-0.1, -0.05) is 19.1 Å². The third-order valence-electron chi connectivity index (χ3n) is 3.82. The van der Waals surface area contributed by atoms with Gasteiger partial charge in [0, 0.05) is 24.8 Å². The molecule has 1 heterocycles. The summed E-state index contributed by atoms with van der Waals surface area (Å²) in [5.74, 6) is 0. The molecule has 0 bridgehead atoms. The van der Waals surface area contributed by atoms with Crippen molar-refractivity contribution in [3.63, 3.8) is 0 Å². The topological polar surface area (TPSA) is 38.5 Å². The van der Waals surface area contributed by atoms with Gasteiger partial charge >= 0.3 is 0 Å². The molecule has 1 saturated heterocycles. The maximum atomic E-state index is 6.13. The summed E-state index contributed by atoms with van der Waals surface area (Å²) < 4.78 is 6.13. The van der Waals surface area contributed by atoms with Gasteiger partial charge in [-0.2, -0.15) is 0 Å². The van der Waals surface area contributed by atoms with Gasteiger partial charge < -0.3 is 15.4 Å². The Labute approximate surface area is 123 Å². The number of nitrogens with zero attached hydrogens (tertiary/aromatic N) is 1. The maximum Gasteiger partial charge on any atom is 0.0808 e. The van der Waals surface area contributed by atoms with E-state index in [1.807, 2.05) is 0 Å². The molecular formula is C17H28N2O. The first kappa shape index (κ1) is 15.3. The monoisotopic (exact) mass is 276 g/mol. The molecule has 0 radical (unpaired) electrons. The number of morpholine rings is 1. The van der Waals surface area contributed by atoms with E-state index in [2.05, 4.69) is 63.8 Å². The van der Waals surface area contributed by atoms with Crippen LogP contribution in [0.5, 0.6) is 0 Å². The molecule has 1 aromatic rings. The fourth-order valence-corrected chi connectivity index (χ4v) is 3.14. The summed E-state index contributed by atoms with van der Waals surface area (Å²) in [6.45, 7) is 12.6. The van der Waals surface area contributed by atoms with Crippen LogP contribution in [0.2, 0.25) is 0 Å². The van der Waals surface area contributed by atoms with Gasteiger partial charge in [0.05, 0.1) is 11.2 Å². The van der Waals surface area contributed by atoms with Gasteiger partial charge in [0.1, 0.15) is 0 Å². The maximum absolute atomic E-state index is 6.13. The molecule has 20 heavy (non-hydrogen) atoms. The first-order valence-electron chi connectivity index (χ1n) is 7.53. The smallest absolute Gasteiger partial charge is 0.0808 e. The number of hydrogen-bond acceptors (Lipinski definition) is 3. The molecule has 1 aromatic carbocycles. The summed E-state index contributed by atoms with van der Waals surface area (Å²) in [6.07, 6.45) is 0.969. The Balaban J connectivity index is 2.18. The van der Waals surface area contributed by atoms with Gasteiger partial charge in [-0.25, -0.2) is 0 Å². The molecular weight excluding hydrogens is 248 g/mol. The van der Waals surface area contributed by atoms with E-state index in [4.69, 9.17) is 10.5 Å². The van der Waals surface area contributed by atoms with Crippen LogP contribution in [0, 0.1) is 0 Å². The number of benzene rings is 1. The van der Waals surface area contributed by atoms with Crippen LogP contribution in [0.4, 0.5) is 5.69 Å². The highest BCUT2D eigenvalue weighted by molar-refractivity contribution is 5.49. The van der Waals surface area contributed by atoms with Crippen LogP contribution in [-0.4, -0.2) is 24.3 Å². The molecule has 1 aliphatic heterocycles. The minimum Gasteiger partial charge on any atom is -0.366 e. The van der Waals surface area contributed by atoms with Crippen molar-refractivity contribution in [2.24, 2.45) is 5.73 Å². The van der Waals surface area contributed by atoms with E-state index < -0.39 is 0 Å². The van der Waals surface area contributed by atoms with Crippen LogP contribution >= 0.6 is 0 Å². The van der Waals surface area contributed by atoms with Crippen molar-refractivity contribution >= 4 is 5.69 Å². The summed E-state index contributed by atoms with van der Waals surface area (Å²) >= 11 is 0.